The molecule has 1 aliphatic rings. The number of carbonyl (C=O) groups is 1. The van der Waals surface area contributed by atoms with Gasteiger partial charge < -0.3 is 14.5 Å². The van der Waals surface area contributed by atoms with Gasteiger partial charge in [0.2, 0.25) is 11.7 Å². The van der Waals surface area contributed by atoms with E-state index in [9.17, 15) is 4.79 Å². The summed E-state index contributed by atoms with van der Waals surface area (Å²) < 4.78 is 13.4. The first-order valence-electron chi connectivity index (χ1n) is 10.5. The molecule has 0 spiro atoms. The number of aromatic nitrogens is 3. The van der Waals surface area contributed by atoms with E-state index in [1.807, 2.05) is 35.8 Å². The molecular weight excluding hydrogens is 400 g/mol. The van der Waals surface area contributed by atoms with Gasteiger partial charge in [-0.1, -0.05) is 43.7 Å². The van der Waals surface area contributed by atoms with Gasteiger partial charge in [0.15, 0.2) is 22.2 Å². The highest BCUT2D eigenvalue weighted by atomic mass is 32.2. The molecule has 30 heavy (non-hydrogen) atoms. The maximum atomic E-state index is 12.5. The lowest BCUT2D eigenvalue weighted by Crippen LogP contribution is -2.41. The number of thioether (sulfide) groups is 1. The summed E-state index contributed by atoms with van der Waals surface area (Å²) in [4.78, 5) is 12.5. The Labute approximate surface area is 180 Å². The average Bonchev–Trinajstić information content (AvgIpc) is 3.37. The van der Waals surface area contributed by atoms with E-state index in [2.05, 4.69) is 22.4 Å². The molecule has 7 nitrogen and oxygen atoms in total. The lowest BCUT2D eigenvalue weighted by Gasteiger charge is -2.29. The van der Waals surface area contributed by atoms with Crippen LogP contribution < -0.4 is 10.1 Å². The van der Waals surface area contributed by atoms with Crippen LogP contribution >= 0.6 is 11.8 Å². The Morgan fingerprint density at radius 2 is 2.17 bits per heavy atom. The van der Waals surface area contributed by atoms with Gasteiger partial charge >= 0.3 is 0 Å². The van der Waals surface area contributed by atoms with Crippen LogP contribution in [0.25, 0.3) is 22.6 Å². The quantitative estimate of drug-likeness (QED) is 0.558. The molecule has 4 rings (SSSR count). The standard InChI is InChI=1S/C22H28N4O3S/c1-4-26-21(18-12-15-9-7-11-17(28-3)20(15)29-18)24-25-22(26)30-13-19(27)23-16-10-6-5-8-14(16)2/h7,9,11-12,14,16H,4-6,8,10,13H2,1-3H3,(H,23,27). The number of benzene rings is 1. The van der Waals surface area contributed by atoms with Gasteiger partial charge in [0.25, 0.3) is 0 Å². The third kappa shape index (κ3) is 4.19. The fourth-order valence-electron chi connectivity index (χ4n) is 4.08. The average molecular weight is 429 g/mol. The van der Waals surface area contributed by atoms with Gasteiger partial charge in [0.1, 0.15) is 0 Å². The summed E-state index contributed by atoms with van der Waals surface area (Å²) in [6.45, 7) is 4.93. The normalized spacial score (nSPS) is 19.2. The van der Waals surface area contributed by atoms with E-state index in [0.29, 0.717) is 46.3 Å². The summed E-state index contributed by atoms with van der Waals surface area (Å²) in [5.74, 6) is 2.90. The molecule has 1 aromatic carbocycles. The molecule has 2 atom stereocenters. The minimum atomic E-state index is 0.0550. The van der Waals surface area contributed by atoms with Gasteiger partial charge in [0.05, 0.1) is 12.9 Å². The van der Waals surface area contributed by atoms with Crippen LogP contribution in [-0.2, 0) is 11.3 Å². The Morgan fingerprint density at radius 1 is 1.33 bits per heavy atom. The largest absolute Gasteiger partial charge is 0.493 e. The molecular formula is C22H28N4O3S. The number of carbonyl (C=O) groups excluding carboxylic acids is 1. The topological polar surface area (TPSA) is 82.2 Å². The molecule has 1 aliphatic carbocycles. The zero-order valence-corrected chi connectivity index (χ0v) is 18.5. The molecule has 160 valence electrons. The molecule has 2 unspecified atom stereocenters. The van der Waals surface area contributed by atoms with Gasteiger partial charge in [-0.3, -0.25) is 9.36 Å². The van der Waals surface area contributed by atoms with Crippen molar-refractivity contribution in [2.24, 2.45) is 5.92 Å². The second-order valence-electron chi connectivity index (χ2n) is 7.76. The number of nitrogens with zero attached hydrogens (tertiary/aromatic N) is 3. The van der Waals surface area contributed by atoms with E-state index in [-0.39, 0.29) is 11.9 Å². The van der Waals surface area contributed by atoms with E-state index >= 15 is 0 Å². The molecule has 0 aliphatic heterocycles. The van der Waals surface area contributed by atoms with E-state index in [0.717, 1.165) is 11.8 Å². The number of methoxy groups -OCH3 is 1. The van der Waals surface area contributed by atoms with Gasteiger partial charge in [-0.05, 0) is 37.8 Å². The lowest BCUT2D eigenvalue weighted by atomic mass is 9.86. The lowest BCUT2D eigenvalue weighted by molar-refractivity contribution is -0.119. The van der Waals surface area contributed by atoms with Crippen LogP contribution in [0.15, 0.2) is 33.8 Å². The molecule has 8 heteroatoms. The summed E-state index contributed by atoms with van der Waals surface area (Å²) >= 11 is 1.41. The van der Waals surface area contributed by atoms with E-state index < -0.39 is 0 Å². The molecule has 3 aromatic rings. The Morgan fingerprint density at radius 3 is 2.93 bits per heavy atom. The third-order valence-electron chi connectivity index (χ3n) is 5.77. The Hall–Kier alpha value is -2.48. The Kier molecular flexibility index (Phi) is 6.32. The van der Waals surface area contributed by atoms with Crippen molar-refractivity contribution in [1.82, 2.24) is 20.1 Å². The first-order valence-corrected chi connectivity index (χ1v) is 11.5. The van der Waals surface area contributed by atoms with Crippen molar-refractivity contribution in [3.8, 4) is 17.3 Å². The summed E-state index contributed by atoms with van der Waals surface area (Å²) in [7, 11) is 1.62. The SMILES string of the molecule is CCn1c(SCC(=O)NC2CCCCC2C)nnc1-c1cc2cccc(OC)c2o1. The van der Waals surface area contributed by atoms with Crippen molar-refractivity contribution >= 4 is 28.6 Å². The fourth-order valence-corrected chi connectivity index (χ4v) is 4.89. The third-order valence-corrected chi connectivity index (χ3v) is 6.74. The van der Waals surface area contributed by atoms with Crippen molar-refractivity contribution < 1.29 is 13.9 Å². The van der Waals surface area contributed by atoms with Crippen molar-refractivity contribution in [2.45, 2.75) is 57.3 Å². The molecule has 1 saturated carbocycles. The molecule has 1 fully saturated rings. The number of hydrogen-bond acceptors (Lipinski definition) is 6. The maximum Gasteiger partial charge on any atom is 0.230 e. The van der Waals surface area contributed by atoms with Crippen LogP contribution in [-0.4, -0.2) is 39.6 Å². The minimum absolute atomic E-state index is 0.0550. The second-order valence-corrected chi connectivity index (χ2v) is 8.71. The van der Waals surface area contributed by atoms with Gasteiger partial charge in [0, 0.05) is 18.0 Å². The van der Waals surface area contributed by atoms with Crippen molar-refractivity contribution in [1.29, 1.82) is 0 Å². The van der Waals surface area contributed by atoms with E-state index in [4.69, 9.17) is 9.15 Å². The van der Waals surface area contributed by atoms with Gasteiger partial charge in [-0.25, -0.2) is 0 Å². The number of rotatable bonds is 7. The molecule has 2 aromatic heterocycles. The Bertz CT molecular complexity index is 1030. The number of hydrogen-bond donors (Lipinski definition) is 1. The number of furan rings is 1. The van der Waals surface area contributed by atoms with Crippen LogP contribution in [0.4, 0.5) is 0 Å². The summed E-state index contributed by atoms with van der Waals surface area (Å²) in [5, 5.41) is 13.5. The number of nitrogens with one attached hydrogen (secondary N) is 1. The van der Waals surface area contributed by atoms with Crippen molar-refractivity contribution in [3.05, 3.63) is 24.3 Å². The summed E-state index contributed by atoms with van der Waals surface area (Å²) in [6, 6.07) is 8.01. The number of para-hydroxylation sites is 1. The molecule has 2 heterocycles. The second kappa shape index (κ2) is 9.12. The summed E-state index contributed by atoms with van der Waals surface area (Å²) in [5.41, 5.74) is 0.691. The number of fused-ring (bicyclic) bond motifs is 1. The number of ether oxygens (including phenoxy) is 1. The highest BCUT2D eigenvalue weighted by Gasteiger charge is 2.23. The highest BCUT2D eigenvalue weighted by Crippen LogP contribution is 2.33. The summed E-state index contributed by atoms with van der Waals surface area (Å²) in [6.07, 6.45) is 4.72. The van der Waals surface area contributed by atoms with Crippen molar-refractivity contribution in [2.75, 3.05) is 12.9 Å². The van der Waals surface area contributed by atoms with Crippen LogP contribution in [0.2, 0.25) is 0 Å². The molecule has 0 radical (unpaired) electrons. The van der Waals surface area contributed by atoms with Gasteiger partial charge in [-0.15, -0.1) is 10.2 Å². The predicted molar refractivity (Wildman–Crippen MR) is 118 cm³/mol. The predicted octanol–water partition coefficient (Wildman–Crippen LogP) is 4.51. The van der Waals surface area contributed by atoms with E-state index in [1.165, 1.54) is 31.0 Å². The molecule has 0 bridgehead atoms. The minimum Gasteiger partial charge on any atom is -0.493 e. The van der Waals surface area contributed by atoms with Gasteiger partial charge in [-0.2, -0.15) is 0 Å². The number of amides is 1. The first kappa shape index (κ1) is 20.8. The van der Waals surface area contributed by atoms with Crippen LogP contribution in [0.1, 0.15) is 39.5 Å². The van der Waals surface area contributed by atoms with Crippen LogP contribution in [0.3, 0.4) is 0 Å². The van der Waals surface area contributed by atoms with Crippen molar-refractivity contribution in [3.63, 3.8) is 0 Å². The van der Waals surface area contributed by atoms with Crippen LogP contribution in [0, 0.1) is 5.92 Å². The molecule has 0 saturated heterocycles. The fraction of sp³-hybridized carbons (Fsp3) is 0.500. The Balaban J connectivity index is 1.48. The highest BCUT2D eigenvalue weighted by molar-refractivity contribution is 7.99. The first-order chi connectivity index (χ1) is 14.6. The smallest absolute Gasteiger partial charge is 0.230 e. The molecule has 1 amide bonds. The zero-order chi connectivity index (χ0) is 21.1. The van der Waals surface area contributed by atoms with Crippen LogP contribution in [0.5, 0.6) is 5.75 Å². The molecule has 1 N–H and O–H groups in total. The van der Waals surface area contributed by atoms with E-state index in [1.54, 1.807) is 7.11 Å². The monoisotopic (exact) mass is 428 g/mol. The maximum absolute atomic E-state index is 12.5. The zero-order valence-electron chi connectivity index (χ0n) is 17.7.